The summed E-state index contributed by atoms with van der Waals surface area (Å²) in [5.41, 5.74) is 7.44. The van der Waals surface area contributed by atoms with Crippen LogP contribution in [0.5, 0.6) is 11.5 Å². The van der Waals surface area contributed by atoms with Crippen molar-refractivity contribution in [2.45, 2.75) is 6.04 Å². The van der Waals surface area contributed by atoms with Crippen LogP contribution in [0, 0.1) is 5.82 Å². The first kappa shape index (κ1) is 16.1. The molecule has 0 aliphatic carbocycles. The zero-order valence-electron chi connectivity index (χ0n) is 11.5. The average molecular weight is 375 g/mol. The van der Waals surface area contributed by atoms with Gasteiger partial charge in [-0.1, -0.05) is 27.5 Å². The third kappa shape index (κ3) is 3.48. The molecule has 2 N–H and O–H groups in total. The number of hydrogen-bond acceptors (Lipinski definition) is 3. The van der Waals surface area contributed by atoms with Gasteiger partial charge < -0.3 is 15.2 Å². The van der Waals surface area contributed by atoms with E-state index in [2.05, 4.69) is 15.9 Å². The standard InChI is InChI=1S/C15H14BrClFNO2/c1-20-13-6-11(12(17)7-14(13)21-2)15(19)8-3-9(16)5-10(18)4-8/h3-7,15H,19H2,1-2H3. The molecule has 2 aromatic carbocycles. The third-order valence-electron chi connectivity index (χ3n) is 3.08. The number of halogens is 3. The van der Waals surface area contributed by atoms with E-state index in [9.17, 15) is 4.39 Å². The molecule has 1 unspecified atom stereocenters. The molecule has 0 aromatic heterocycles. The van der Waals surface area contributed by atoms with Crippen LogP contribution in [-0.4, -0.2) is 14.2 Å². The number of methoxy groups -OCH3 is 2. The zero-order valence-corrected chi connectivity index (χ0v) is 13.8. The van der Waals surface area contributed by atoms with E-state index in [4.69, 9.17) is 26.8 Å². The van der Waals surface area contributed by atoms with Crippen molar-refractivity contribution >= 4 is 27.5 Å². The second kappa shape index (κ2) is 6.64. The lowest BCUT2D eigenvalue weighted by atomic mass is 9.99. The Bertz CT molecular complexity index is 646. The highest BCUT2D eigenvalue weighted by atomic mass is 79.9. The Morgan fingerprint density at radius 3 is 2.29 bits per heavy atom. The highest BCUT2D eigenvalue weighted by molar-refractivity contribution is 9.10. The highest BCUT2D eigenvalue weighted by Gasteiger charge is 2.18. The number of ether oxygens (including phenoxy) is 2. The van der Waals surface area contributed by atoms with E-state index in [-0.39, 0.29) is 5.82 Å². The maximum atomic E-state index is 13.5. The molecule has 0 radical (unpaired) electrons. The summed E-state index contributed by atoms with van der Waals surface area (Å²) >= 11 is 9.49. The molecule has 0 saturated heterocycles. The van der Waals surface area contributed by atoms with Gasteiger partial charge in [0, 0.05) is 15.6 Å². The smallest absolute Gasteiger partial charge is 0.162 e. The summed E-state index contributed by atoms with van der Waals surface area (Å²) in [6.07, 6.45) is 0. The molecule has 0 fully saturated rings. The van der Waals surface area contributed by atoms with Crippen molar-refractivity contribution < 1.29 is 13.9 Å². The molecule has 0 bridgehead atoms. The lowest BCUT2D eigenvalue weighted by molar-refractivity contribution is 0.354. The molecule has 112 valence electrons. The fraction of sp³-hybridized carbons (Fsp3) is 0.200. The highest BCUT2D eigenvalue weighted by Crippen LogP contribution is 2.37. The van der Waals surface area contributed by atoms with Crippen LogP contribution in [0.3, 0.4) is 0 Å². The van der Waals surface area contributed by atoms with Crippen LogP contribution in [0.15, 0.2) is 34.8 Å². The van der Waals surface area contributed by atoms with Crippen LogP contribution < -0.4 is 15.2 Å². The van der Waals surface area contributed by atoms with E-state index < -0.39 is 6.04 Å². The molecule has 1 atom stereocenters. The molecular weight excluding hydrogens is 361 g/mol. The van der Waals surface area contributed by atoms with Crippen molar-refractivity contribution in [2.75, 3.05) is 14.2 Å². The Morgan fingerprint density at radius 2 is 1.71 bits per heavy atom. The van der Waals surface area contributed by atoms with Gasteiger partial charge in [-0.3, -0.25) is 0 Å². The quantitative estimate of drug-likeness (QED) is 0.867. The van der Waals surface area contributed by atoms with Gasteiger partial charge in [0.15, 0.2) is 11.5 Å². The van der Waals surface area contributed by atoms with Gasteiger partial charge >= 0.3 is 0 Å². The van der Waals surface area contributed by atoms with Crippen LogP contribution in [0.25, 0.3) is 0 Å². The van der Waals surface area contributed by atoms with Gasteiger partial charge in [0.05, 0.1) is 20.3 Å². The Labute approximate surface area is 135 Å². The van der Waals surface area contributed by atoms with E-state index in [1.54, 1.807) is 18.2 Å². The van der Waals surface area contributed by atoms with Crippen LogP contribution in [-0.2, 0) is 0 Å². The van der Waals surface area contributed by atoms with E-state index in [1.807, 2.05) is 0 Å². The summed E-state index contributed by atoms with van der Waals surface area (Å²) in [7, 11) is 3.05. The van der Waals surface area contributed by atoms with Crippen molar-refractivity contribution in [1.82, 2.24) is 0 Å². The minimum atomic E-state index is -0.579. The molecule has 0 spiro atoms. The van der Waals surface area contributed by atoms with Gasteiger partial charge in [0.25, 0.3) is 0 Å². The summed E-state index contributed by atoms with van der Waals surface area (Å²) in [4.78, 5) is 0. The van der Waals surface area contributed by atoms with E-state index in [0.29, 0.717) is 32.1 Å². The zero-order chi connectivity index (χ0) is 15.6. The number of nitrogens with two attached hydrogens (primary N) is 1. The molecule has 6 heteroatoms. The fourth-order valence-corrected chi connectivity index (χ4v) is 2.80. The first-order chi connectivity index (χ1) is 9.96. The first-order valence-corrected chi connectivity index (χ1v) is 7.26. The van der Waals surface area contributed by atoms with Crippen molar-refractivity contribution in [2.24, 2.45) is 5.73 Å². The molecule has 0 aliphatic heterocycles. The first-order valence-electron chi connectivity index (χ1n) is 6.09. The predicted molar refractivity (Wildman–Crippen MR) is 84.7 cm³/mol. The number of hydrogen-bond donors (Lipinski definition) is 1. The van der Waals surface area contributed by atoms with Gasteiger partial charge in [-0.2, -0.15) is 0 Å². The molecule has 0 saturated carbocycles. The maximum Gasteiger partial charge on any atom is 0.162 e. The lowest BCUT2D eigenvalue weighted by Crippen LogP contribution is -2.13. The predicted octanol–water partition coefficient (Wildman–Crippen LogP) is 4.31. The summed E-state index contributed by atoms with van der Waals surface area (Å²) in [6, 6.07) is 7.24. The maximum absolute atomic E-state index is 13.5. The Morgan fingerprint density at radius 1 is 1.10 bits per heavy atom. The summed E-state index contributed by atoms with van der Waals surface area (Å²) < 4.78 is 24.5. The number of benzene rings is 2. The molecular formula is C15H14BrClFNO2. The molecule has 0 heterocycles. The molecule has 3 nitrogen and oxygen atoms in total. The van der Waals surface area contributed by atoms with Gasteiger partial charge in [0.1, 0.15) is 5.82 Å². The fourth-order valence-electron chi connectivity index (χ4n) is 2.04. The van der Waals surface area contributed by atoms with Crippen molar-refractivity contribution in [3.05, 3.63) is 56.8 Å². The molecule has 0 amide bonds. The molecule has 0 aliphatic rings. The van der Waals surface area contributed by atoms with E-state index >= 15 is 0 Å². The minimum Gasteiger partial charge on any atom is -0.493 e. The topological polar surface area (TPSA) is 44.5 Å². The van der Waals surface area contributed by atoms with Gasteiger partial charge in [-0.25, -0.2) is 4.39 Å². The second-order valence-corrected chi connectivity index (χ2v) is 5.73. The Hall–Kier alpha value is -1.30. The summed E-state index contributed by atoms with van der Waals surface area (Å²) in [5, 5.41) is 0.431. The van der Waals surface area contributed by atoms with Gasteiger partial charge in [0.2, 0.25) is 0 Å². The normalized spacial score (nSPS) is 12.1. The lowest BCUT2D eigenvalue weighted by Gasteiger charge is -2.17. The largest absolute Gasteiger partial charge is 0.493 e. The van der Waals surface area contributed by atoms with Crippen LogP contribution in [0.1, 0.15) is 17.2 Å². The Kier molecular flexibility index (Phi) is 5.08. The average Bonchev–Trinajstić information content (AvgIpc) is 2.45. The molecule has 2 rings (SSSR count). The molecule has 2 aromatic rings. The van der Waals surface area contributed by atoms with Gasteiger partial charge in [-0.05, 0) is 35.4 Å². The van der Waals surface area contributed by atoms with Crippen molar-refractivity contribution in [3.8, 4) is 11.5 Å². The second-order valence-electron chi connectivity index (χ2n) is 4.41. The van der Waals surface area contributed by atoms with E-state index in [1.165, 1.54) is 26.4 Å². The summed E-state index contributed by atoms with van der Waals surface area (Å²) in [5.74, 6) is 0.660. The van der Waals surface area contributed by atoms with Crippen LogP contribution in [0.4, 0.5) is 4.39 Å². The minimum absolute atomic E-state index is 0.369. The van der Waals surface area contributed by atoms with Gasteiger partial charge in [-0.15, -0.1) is 0 Å². The SMILES string of the molecule is COc1cc(Cl)c(C(N)c2cc(F)cc(Br)c2)cc1OC. The van der Waals surface area contributed by atoms with Crippen LogP contribution in [0.2, 0.25) is 5.02 Å². The Balaban J connectivity index is 2.49. The molecule has 21 heavy (non-hydrogen) atoms. The summed E-state index contributed by atoms with van der Waals surface area (Å²) in [6.45, 7) is 0. The third-order valence-corrected chi connectivity index (χ3v) is 3.87. The monoisotopic (exact) mass is 373 g/mol. The van der Waals surface area contributed by atoms with Crippen LogP contribution >= 0.6 is 27.5 Å². The van der Waals surface area contributed by atoms with Crippen molar-refractivity contribution in [1.29, 1.82) is 0 Å². The van der Waals surface area contributed by atoms with Crippen molar-refractivity contribution in [3.63, 3.8) is 0 Å². The number of rotatable bonds is 4. The van der Waals surface area contributed by atoms with E-state index in [0.717, 1.165) is 0 Å².